The fourth-order valence-electron chi connectivity index (χ4n) is 5.45. The van der Waals surface area contributed by atoms with Crippen LogP contribution < -0.4 is 10.6 Å². The van der Waals surface area contributed by atoms with Crippen molar-refractivity contribution in [2.75, 3.05) is 19.6 Å². The van der Waals surface area contributed by atoms with Crippen LogP contribution in [0.5, 0.6) is 0 Å². The van der Waals surface area contributed by atoms with Crippen LogP contribution in [0.2, 0.25) is 0 Å². The molecule has 6 heteroatoms. The number of fused-ring (bicyclic) bond motifs is 2. The second-order valence-electron chi connectivity index (χ2n) is 10.9. The minimum atomic E-state index is -0.446. The highest BCUT2D eigenvalue weighted by Gasteiger charge is 2.43. The van der Waals surface area contributed by atoms with Crippen LogP contribution in [0.25, 0.3) is 0 Å². The van der Waals surface area contributed by atoms with Crippen LogP contribution in [0.1, 0.15) is 85.7 Å². The maximum absolute atomic E-state index is 14.3. The third-order valence-electron chi connectivity index (χ3n) is 7.49. The van der Waals surface area contributed by atoms with Gasteiger partial charge in [0.1, 0.15) is 11.9 Å². The van der Waals surface area contributed by atoms with Gasteiger partial charge in [-0.15, -0.1) is 0 Å². The fraction of sp³-hybridized carbons (Fsp3) is 0.680. The number of nitrogens with one attached hydrogen (secondary N) is 2. The molecule has 5 nitrogen and oxygen atoms in total. The molecule has 4 rings (SSSR count). The predicted molar refractivity (Wildman–Crippen MR) is 123 cm³/mol. The second-order valence-corrected chi connectivity index (χ2v) is 10.9. The zero-order valence-electron chi connectivity index (χ0n) is 19.1. The van der Waals surface area contributed by atoms with Crippen LogP contribution in [-0.2, 0) is 15.0 Å². The Hall–Kier alpha value is -1.95. The fourth-order valence-corrected chi connectivity index (χ4v) is 5.45. The van der Waals surface area contributed by atoms with Crippen molar-refractivity contribution in [3.63, 3.8) is 0 Å². The zero-order chi connectivity index (χ0) is 22.2. The third-order valence-corrected chi connectivity index (χ3v) is 7.49. The van der Waals surface area contributed by atoms with Crippen LogP contribution in [-0.4, -0.2) is 42.4 Å². The number of amides is 2. The van der Waals surface area contributed by atoms with Gasteiger partial charge in [0.25, 0.3) is 0 Å². The molecule has 0 unspecified atom stereocenters. The van der Waals surface area contributed by atoms with E-state index in [1.165, 1.54) is 12.5 Å². The average molecular weight is 434 g/mol. The maximum Gasteiger partial charge on any atom is 0.243 e. The van der Waals surface area contributed by atoms with Gasteiger partial charge in [0.15, 0.2) is 0 Å². The molecule has 2 saturated heterocycles. The smallest absolute Gasteiger partial charge is 0.243 e. The minimum Gasteiger partial charge on any atom is -0.348 e. The first kappa shape index (κ1) is 22.3. The van der Waals surface area contributed by atoms with E-state index in [4.69, 9.17) is 0 Å². The van der Waals surface area contributed by atoms with Gasteiger partial charge < -0.3 is 15.5 Å². The second kappa shape index (κ2) is 8.53. The largest absolute Gasteiger partial charge is 0.348 e. The molecule has 3 aliphatic rings. The molecule has 1 aliphatic carbocycles. The van der Waals surface area contributed by atoms with E-state index in [1.807, 2.05) is 6.07 Å². The Morgan fingerprint density at radius 2 is 2.00 bits per heavy atom. The molecule has 0 radical (unpaired) electrons. The molecule has 1 aromatic rings. The lowest BCUT2D eigenvalue weighted by Gasteiger charge is -2.47. The molecule has 2 N–H and O–H groups in total. The molecule has 1 spiro atoms. The Morgan fingerprint density at radius 1 is 1.26 bits per heavy atom. The molecular weight excluding hydrogens is 393 g/mol. The van der Waals surface area contributed by atoms with Crippen LogP contribution >= 0.6 is 0 Å². The summed E-state index contributed by atoms with van der Waals surface area (Å²) in [6, 6.07) is 4.50. The van der Waals surface area contributed by atoms with E-state index in [9.17, 15) is 14.0 Å². The quantitative estimate of drug-likeness (QED) is 0.744. The maximum atomic E-state index is 14.3. The first-order chi connectivity index (χ1) is 14.7. The molecule has 2 atom stereocenters. The van der Waals surface area contributed by atoms with Crippen molar-refractivity contribution < 1.29 is 16.8 Å². The Labute approximate surface area is 188 Å². The molecule has 0 aromatic heterocycles. The molecule has 1 aromatic carbocycles. The number of rotatable bonds is 4. The summed E-state index contributed by atoms with van der Waals surface area (Å²) in [6.45, 7) is 10.0. The van der Waals surface area contributed by atoms with Crippen molar-refractivity contribution >= 4 is 11.8 Å². The number of hydrogen-bond acceptors (Lipinski definition) is 3. The summed E-state index contributed by atoms with van der Waals surface area (Å²) in [6.07, 6.45) is 6.00. The van der Waals surface area contributed by atoms with Crippen LogP contribution in [0, 0.1) is 11.2 Å². The van der Waals surface area contributed by atoms with Gasteiger partial charge in [-0.25, -0.2) is 4.39 Å². The van der Waals surface area contributed by atoms with Gasteiger partial charge >= 0.3 is 0 Å². The summed E-state index contributed by atoms with van der Waals surface area (Å²) >= 11 is 0. The van der Waals surface area contributed by atoms with Gasteiger partial charge in [0.2, 0.25) is 11.8 Å². The SMILES string of the molecule is CC(C)(C)CCN1CCC2(CC[C@H](NC(=O)[C@H]3CCC(=O)N3)c3ccc(F)cc32)CC1.[HH].[HH]. The number of benzene rings is 1. The van der Waals surface area contributed by atoms with E-state index in [0.717, 1.165) is 56.4 Å². The summed E-state index contributed by atoms with van der Waals surface area (Å²) in [5.74, 6) is -0.397. The zero-order valence-corrected chi connectivity index (χ0v) is 19.1. The van der Waals surface area contributed by atoms with E-state index < -0.39 is 6.04 Å². The number of carbonyl (C=O) groups is 2. The monoisotopic (exact) mass is 433 g/mol. The third kappa shape index (κ3) is 4.94. The van der Waals surface area contributed by atoms with Gasteiger partial charge in [-0.05, 0) is 92.2 Å². The van der Waals surface area contributed by atoms with E-state index >= 15 is 0 Å². The van der Waals surface area contributed by atoms with Crippen LogP contribution in [0.15, 0.2) is 18.2 Å². The molecule has 2 amide bonds. The molecule has 2 aliphatic heterocycles. The summed E-state index contributed by atoms with van der Waals surface area (Å²) < 4.78 is 14.3. The summed E-state index contributed by atoms with van der Waals surface area (Å²) in [4.78, 5) is 26.7. The first-order valence-electron chi connectivity index (χ1n) is 11.8. The van der Waals surface area contributed by atoms with Gasteiger partial charge in [0.05, 0.1) is 6.04 Å². The topological polar surface area (TPSA) is 61.4 Å². The Kier molecular flexibility index (Phi) is 6.12. The molecule has 2 fully saturated rings. The standard InChI is InChI=1S/C25H36FN3O2.2H2/c1-24(2,3)10-13-29-14-11-25(12-15-29)9-8-20(18-5-4-17(26)16-19(18)25)28-23(31)21-6-7-22(30)27-21;;/h4-5,16,20-21H,6-15H2,1-3H3,(H,27,30)(H,28,31);2*1H/t20-,21+;;/m0../s1. The van der Waals surface area contributed by atoms with Crippen LogP contribution in [0.4, 0.5) is 4.39 Å². The van der Waals surface area contributed by atoms with E-state index in [2.05, 4.69) is 36.3 Å². The molecular formula is C25H40FN3O2. The number of likely N-dealkylation sites (tertiary alicyclic amines) is 1. The van der Waals surface area contributed by atoms with Gasteiger partial charge in [-0.3, -0.25) is 9.59 Å². The van der Waals surface area contributed by atoms with Gasteiger partial charge in [-0.2, -0.15) is 0 Å². The summed E-state index contributed by atoms with van der Waals surface area (Å²) in [7, 11) is 0. The Bertz CT molecular complexity index is 851. The lowest BCUT2D eigenvalue weighted by molar-refractivity contribution is -0.126. The highest BCUT2D eigenvalue weighted by molar-refractivity contribution is 5.91. The normalized spacial score (nSPS) is 25.9. The summed E-state index contributed by atoms with van der Waals surface area (Å²) in [5.41, 5.74) is 2.46. The number of nitrogens with zero attached hydrogens (tertiary/aromatic N) is 1. The van der Waals surface area contributed by atoms with Crippen LogP contribution in [0.3, 0.4) is 0 Å². The minimum absolute atomic E-state index is 0. The number of hydrogen-bond donors (Lipinski definition) is 2. The van der Waals surface area contributed by atoms with Gasteiger partial charge in [-0.1, -0.05) is 26.8 Å². The van der Waals surface area contributed by atoms with Crippen molar-refractivity contribution in [3.05, 3.63) is 35.1 Å². The summed E-state index contributed by atoms with van der Waals surface area (Å²) in [5, 5.41) is 5.88. The van der Waals surface area contributed by atoms with Crippen molar-refractivity contribution in [2.45, 2.75) is 83.2 Å². The molecule has 174 valence electrons. The Balaban J connectivity index is 0.00000193. The first-order valence-corrected chi connectivity index (χ1v) is 11.8. The van der Waals surface area contributed by atoms with Gasteiger partial charge in [0, 0.05) is 9.27 Å². The van der Waals surface area contributed by atoms with E-state index in [-0.39, 0.29) is 31.9 Å². The molecule has 0 saturated carbocycles. The van der Waals surface area contributed by atoms with Crippen molar-refractivity contribution in [1.82, 2.24) is 15.5 Å². The van der Waals surface area contributed by atoms with E-state index in [1.54, 1.807) is 6.07 Å². The van der Waals surface area contributed by atoms with Crippen molar-refractivity contribution in [2.24, 2.45) is 5.41 Å². The van der Waals surface area contributed by atoms with Crippen molar-refractivity contribution in [3.8, 4) is 0 Å². The number of carbonyl (C=O) groups excluding carboxylic acids is 2. The highest BCUT2D eigenvalue weighted by atomic mass is 19.1. The predicted octanol–water partition coefficient (Wildman–Crippen LogP) is 4.32. The van der Waals surface area contributed by atoms with E-state index in [0.29, 0.717) is 18.3 Å². The molecule has 0 bridgehead atoms. The van der Waals surface area contributed by atoms with Crippen molar-refractivity contribution in [1.29, 1.82) is 0 Å². The molecule has 2 heterocycles. The molecule has 31 heavy (non-hydrogen) atoms. The lowest BCUT2D eigenvalue weighted by Crippen LogP contribution is -2.48. The average Bonchev–Trinajstić information content (AvgIpc) is 3.16. The lowest BCUT2D eigenvalue weighted by atomic mass is 9.63. The number of halogens is 1. The number of piperidine rings is 1. The Morgan fingerprint density at radius 3 is 2.65 bits per heavy atom. The highest BCUT2D eigenvalue weighted by Crippen LogP contribution is 2.48.